The Morgan fingerprint density at radius 2 is 2.28 bits per heavy atom. The summed E-state index contributed by atoms with van der Waals surface area (Å²) in [4.78, 5) is 16.9. The highest BCUT2D eigenvalue weighted by molar-refractivity contribution is 5.55. The third-order valence-electron chi connectivity index (χ3n) is 2.99. The predicted octanol–water partition coefficient (Wildman–Crippen LogP) is 2.27. The van der Waals surface area contributed by atoms with Gasteiger partial charge in [0.05, 0.1) is 17.1 Å². The van der Waals surface area contributed by atoms with Crippen molar-refractivity contribution in [2.45, 2.75) is 19.8 Å². The molecule has 1 aliphatic rings. The van der Waals surface area contributed by atoms with Gasteiger partial charge in [-0.1, -0.05) is 0 Å². The Labute approximate surface area is 106 Å². The lowest BCUT2D eigenvalue weighted by Gasteiger charge is -2.18. The summed E-state index contributed by atoms with van der Waals surface area (Å²) in [7, 11) is 1.93. The van der Waals surface area contributed by atoms with E-state index in [-0.39, 0.29) is 10.6 Å². The van der Waals surface area contributed by atoms with Gasteiger partial charge < -0.3 is 10.2 Å². The second-order valence-electron chi connectivity index (χ2n) is 4.68. The Morgan fingerprint density at radius 3 is 2.83 bits per heavy atom. The van der Waals surface area contributed by atoms with Gasteiger partial charge in [0.15, 0.2) is 0 Å². The van der Waals surface area contributed by atoms with Gasteiger partial charge in [-0.25, -0.2) is 4.98 Å². The molecule has 0 spiro atoms. The van der Waals surface area contributed by atoms with Gasteiger partial charge in [0, 0.05) is 20.1 Å². The number of nitrogens with zero attached hydrogens (tertiary/aromatic N) is 3. The van der Waals surface area contributed by atoms with Crippen LogP contribution in [0.4, 0.5) is 17.3 Å². The van der Waals surface area contributed by atoms with Crippen LogP contribution in [-0.2, 0) is 0 Å². The molecule has 1 fully saturated rings. The molecule has 6 nitrogen and oxygen atoms in total. The molecule has 0 aromatic carbocycles. The van der Waals surface area contributed by atoms with Crippen molar-refractivity contribution in [1.29, 1.82) is 0 Å². The van der Waals surface area contributed by atoms with E-state index in [4.69, 9.17) is 0 Å². The smallest absolute Gasteiger partial charge is 0.276 e. The van der Waals surface area contributed by atoms with E-state index in [0.29, 0.717) is 18.2 Å². The quantitative estimate of drug-likeness (QED) is 0.619. The molecule has 0 atom stereocenters. The van der Waals surface area contributed by atoms with Gasteiger partial charge in [0.25, 0.3) is 5.69 Å². The van der Waals surface area contributed by atoms with E-state index in [2.05, 4.69) is 10.3 Å². The first-order valence-corrected chi connectivity index (χ1v) is 6.21. The average molecular weight is 250 g/mol. The van der Waals surface area contributed by atoms with Crippen LogP contribution in [0.15, 0.2) is 12.1 Å². The second kappa shape index (κ2) is 5.20. The van der Waals surface area contributed by atoms with Gasteiger partial charge in [-0.2, -0.15) is 0 Å². The van der Waals surface area contributed by atoms with E-state index in [1.54, 1.807) is 0 Å². The first kappa shape index (κ1) is 12.6. The molecule has 98 valence electrons. The van der Waals surface area contributed by atoms with Crippen LogP contribution in [0, 0.1) is 16.0 Å². The Kier molecular flexibility index (Phi) is 3.64. The normalized spacial score (nSPS) is 14.3. The highest BCUT2D eigenvalue weighted by atomic mass is 16.6. The first-order valence-electron chi connectivity index (χ1n) is 6.21. The molecule has 1 aliphatic carbocycles. The van der Waals surface area contributed by atoms with E-state index in [0.717, 1.165) is 12.5 Å². The molecule has 1 N–H and O–H groups in total. The molecule has 1 heterocycles. The highest BCUT2D eigenvalue weighted by Crippen LogP contribution is 2.31. The van der Waals surface area contributed by atoms with Crippen LogP contribution in [-0.4, -0.2) is 30.0 Å². The number of nitrogens with one attached hydrogen (secondary N) is 1. The van der Waals surface area contributed by atoms with Crippen LogP contribution in [0.2, 0.25) is 0 Å². The van der Waals surface area contributed by atoms with Crippen molar-refractivity contribution in [3.05, 3.63) is 22.2 Å². The van der Waals surface area contributed by atoms with Crippen molar-refractivity contribution in [2.24, 2.45) is 5.92 Å². The molecule has 0 saturated heterocycles. The zero-order valence-electron chi connectivity index (χ0n) is 10.7. The number of nitro groups is 1. The van der Waals surface area contributed by atoms with Crippen LogP contribution >= 0.6 is 0 Å². The minimum atomic E-state index is -0.378. The van der Waals surface area contributed by atoms with Crippen molar-refractivity contribution in [3.8, 4) is 0 Å². The molecule has 18 heavy (non-hydrogen) atoms. The highest BCUT2D eigenvalue weighted by Gasteiger charge is 2.24. The zero-order chi connectivity index (χ0) is 13.1. The van der Waals surface area contributed by atoms with Crippen LogP contribution in [0.1, 0.15) is 19.8 Å². The van der Waals surface area contributed by atoms with E-state index in [1.165, 1.54) is 25.0 Å². The summed E-state index contributed by atoms with van der Waals surface area (Å²) in [5.74, 6) is 1.94. The Balaban J connectivity index is 2.23. The molecular weight excluding hydrogens is 232 g/mol. The average Bonchev–Trinajstić information content (AvgIpc) is 3.13. The minimum Gasteiger partial charge on any atom is -0.370 e. The van der Waals surface area contributed by atoms with Crippen LogP contribution in [0.25, 0.3) is 0 Å². The van der Waals surface area contributed by atoms with Crippen molar-refractivity contribution in [3.63, 3.8) is 0 Å². The standard InChI is InChI=1S/C12H18N4O2/c1-3-13-11-6-10(16(17)18)7-12(14-11)15(2)8-9-4-5-9/h6-7,9H,3-5,8H2,1-2H3,(H,13,14). The molecule has 0 amide bonds. The maximum Gasteiger partial charge on any atom is 0.276 e. The number of anilines is 2. The molecule has 1 aromatic rings. The molecule has 0 radical (unpaired) electrons. The summed E-state index contributed by atoms with van der Waals surface area (Å²) >= 11 is 0. The number of hydrogen-bond acceptors (Lipinski definition) is 5. The SMILES string of the molecule is CCNc1cc([N+](=O)[O-])cc(N(C)CC2CC2)n1. The third-order valence-corrected chi connectivity index (χ3v) is 2.99. The van der Waals surface area contributed by atoms with Gasteiger partial charge >= 0.3 is 0 Å². The van der Waals surface area contributed by atoms with E-state index >= 15 is 0 Å². The molecule has 2 rings (SSSR count). The summed E-state index contributed by atoms with van der Waals surface area (Å²) in [6.07, 6.45) is 2.50. The fourth-order valence-corrected chi connectivity index (χ4v) is 1.86. The van der Waals surface area contributed by atoms with Crippen LogP contribution in [0.5, 0.6) is 0 Å². The topological polar surface area (TPSA) is 71.3 Å². The van der Waals surface area contributed by atoms with Crippen molar-refractivity contribution >= 4 is 17.3 Å². The summed E-state index contributed by atoms with van der Waals surface area (Å²) in [5, 5.41) is 13.9. The van der Waals surface area contributed by atoms with Gasteiger partial charge in [0.1, 0.15) is 11.6 Å². The first-order chi connectivity index (χ1) is 8.60. The Bertz CT molecular complexity index is 446. The lowest BCUT2D eigenvalue weighted by Crippen LogP contribution is -2.21. The summed E-state index contributed by atoms with van der Waals surface area (Å²) in [6.45, 7) is 3.55. The zero-order valence-corrected chi connectivity index (χ0v) is 10.7. The number of rotatable bonds is 6. The lowest BCUT2D eigenvalue weighted by molar-refractivity contribution is -0.384. The van der Waals surface area contributed by atoms with E-state index in [9.17, 15) is 10.1 Å². The Hall–Kier alpha value is -1.85. The maximum absolute atomic E-state index is 10.9. The third kappa shape index (κ3) is 3.09. The Morgan fingerprint density at radius 1 is 1.56 bits per heavy atom. The number of aromatic nitrogens is 1. The number of pyridine rings is 1. The molecule has 6 heteroatoms. The molecule has 0 aliphatic heterocycles. The van der Waals surface area contributed by atoms with Gasteiger partial charge in [-0.3, -0.25) is 10.1 Å². The number of hydrogen-bond donors (Lipinski definition) is 1. The van der Waals surface area contributed by atoms with Crippen LogP contribution < -0.4 is 10.2 Å². The van der Waals surface area contributed by atoms with Crippen molar-refractivity contribution in [2.75, 3.05) is 30.4 Å². The molecular formula is C12H18N4O2. The second-order valence-corrected chi connectivity index (χ2v) is 4.68. The van der Waals surface area contributed by atoms with Crippen molar-refractivity contribution < 1.29 is 4.92 Å². The summed E-state index contributed by atoms with van der Waals surface area (Å²) in [5.41, 5.74) is 0.0820. The monoisotopic (exact) mass is 250 g/mol. The lowest BCUT2D eigenvalue weighted by atomic mass is 10.3. The summed E-state index contributed by atoms with van der Waals surface area (Å²) in [6, 6.07) is 3.00. The van der Waals surface area contributed by atoms with Gasteiger partial charge in [0.2, 0.25) is 0 Å². The minimum absolute atomic E-state index is 0.0820. The van der Waals surface area contributed by atoms with Crippen molar-refractivity contribution in [1.82, 2.24) is 4.98 Å². The molecule has 0 unspecified atom stereocenters. The summed E-state index contributed by atoms with van der Waals surface area (Å²) < 4.78 is 0. The van der Waals surface area contributed by atoms with Gasteiger partial charge in [-0.15, -0.1) is 0 Å². The molecule has 1 aromatic heterocycles. The van der Waals surface area contributed by atoms with Crippen LogP contribution in [0.3, 0.4) is 0 Å². The predicted molar refractivity (Wildman–Crippen MR) is 71.0 cm³/mol. The fraction of sp³-hybridized carbons (Fsp3) is 0.583. The van der Waals surface area contributed by atoms with Gasteiger partial charge in [-0.05, 0) is 25.7 Å². The largest absolute Gasteiger partial charge is 0.370 e. The van der Waals surface area contributed by atoms with E-state index < -0.39 is 0 Å². The maximum atomic E-state index is 10.9. The molecule has 1 saturated carbocycles. The fourth-order valence-electron chi connectivity index (χ4n) is 1.86. The molecule has 0 bridgehead atoms. The van der Waals surface area contributed by atoms with E-state index in [1.807, 2.05) is 18.9 Å².